The number of hydrogen-bond acceptors (Lipinski definition) is 9. The molecular weight excluding hydrogens is 462 g/mol. The summed E-state index contributed by atoms with van der Waals surface area (Å²) < 4.78 is 71.2. The van der Waals surface area contributed by atoms with E-state index in [9.17, 15) is 16.8 Å². The second-order valence-electron chi connectivity index (χ2n) is 6.85. The van der Waals surface area contributed by atoms with Gasteiger partial charge in [-0.15, -0.1) is 0 Å². The van der Waals surface area contributed by atoms with Crippen LogP contribution in [0.4, 0.5) is 17.1 Å². The first-order valence-electron chi connectivity index (χ1n) is 9.51. The summed E-state index contributed by atoms with van der Waals surface area (Å²) in [6, 6.07) is 9.90. The van der Waals surface area contributed by atoms with Crippen LogP contribution in [0.15, 0.2) is 46.6 Å². The van der Waals surface area contributed by atoms with E-state index in [2.05, 4.69) is 10.2 Å². The van der Waals surface area contributed by atoms with Crippen LogP contribution in [0.5, 0.6) is 11.5 Å². The molecule has 11 nitrogen and oxygen atoms in total. The van der Waals surface area contributed by atoms with Crippen molar-refractivity contribution in [3.63, 3.8) is 0 Å². The normalized spacial score (nSPS) is 12.2. The third-order valence-electron chi connectivity index (χ3n) is 4.06. The Morgan fingerprint density at radius 3 is 2.00 bits per heavy atom. The van der Waals surface area contributed by atoms with E-state index in [1.807, 2.05) is 0 Å². The fraction of sp³-hybridized carbons (Fsp3) is 0.368. The van der Waals surface area contributed by atoms with Crippen molar-refractivity contribution in [2.45, 2.75) is 19.8 Å². The molecule has 0 bridgehead atoms. The molecule has 4 N–H and O–H groups in total. The zero-order valence-electron chi connectivity index (χ0n) is 17.3. The molecule has 13 heteroatoms. The number of nitrogens with two attached hydrogens (primary N) is 1. The van der Waals surface area contributed by atoms with Crippen LogP contribution in [0.25, 0.3) is 0 Å². The van der Waals surface area contributed by atoms with Crippen molar-refractivity contribution in [2.75, 3.05) is 30.5 Å². The maximum Gasteiger partial charge on any atom is 0.264 e. The molecule has 0 unspecified atom stereocenters. The summed E-state index contributed by atoms with van der Waals surface area (Å²) in [5.74, 6) is 0.0648. The zero-order chi connectivity index (χ0) is 23.8. The molecule has 2 aromatic rings. The number of nitrogens with zero attached hydrogens (tertiary/aromatic N) is 2. The van der Waals surface area contributed by atoms with Gasteiger partial charge < -0.3 is 15.2 Å². The van der Waals surface area contributed by atoms with E-state index in [4.69, 9.17) is 24.3 Å². The highest BCUT2D eigenvalue weighted by Gasteiger charge is 2.09. The number of rotatable bonds is 12. The van der Waals surface area contributed by atoms with Crippen LogP contribution in [0.2, 0.25) is 0 Å². The van der Waals surface area contributed by atoms with Crippen LogP contribution in [0.1, 0.15) is 18.4 Å². The van der Waals surface area contributed by atoms with Crippen molar-refractivity contribution in [3.05, 3.63) is 42.0 Å². The largest absolute Gasteiger partial charge is 0.494 e. The Morgan fingerprint density at radius 1 is 0.875 bits per heavy atom. The number of aryl methyl sites for hydroxylation is 1. The van der Waals surface area contributed by atoms with Gasteiger partial charge in [0, 0.05) is 6.07 Å². The van der Waals surface area contributed by atoms with Crippen LogP contribution in [-0.4, -0.2) is 50.7 Å². The number of hydrogen-bond donors (Lipinski definition) is 3. The third-order valence-corrected chi connectivity index (χ3v) is 5.67. The number of benzene rings is 2. The quantitative estimate of drug-likeness (QED) is 0.175. The fourth-order valence-corrected chi connectivity index (χ4v) is 3.47. The Kier molecular flexibility index (Phi) is 8.95. The Morgan fingerprint density at radius 2 is 1.44 bits per heavy atom. The van der Waals surface area contributed by atoms with Gasteiger partial charge in [0.05, 0.1) is 41.8 Å². The first-order valence-corrected chi connectivity index (χ1v) is 12.7. The van der Waals surface area contributed by atoms with Gasteiger partial charge in [-0.2, -0.15) is 27.1 Å². The molecule has 32 heavy (non-hydrogen) atoms. The van der Waals surface area contributed by atoms with Crippen LogP contribution in [0, 0.1) is 6.92 Å². The van der Waals surface area contributed by atoms with E-state index < -0.39 is 26.0 Å². The lowest BCUT2D eigenvalue weighted by atomic mass is 10.1. The fourth-order valence-electron chi connectivity index (χ4n) is 2.51. The summed E-state index contributed by atoms with van der Waals surface area (Å²) in [7, 11) is -8.05. The molecule has 0 atom stereocenters. The van der Waals surface area contributed by atoms with Gasteiger partial charge in [-0.05, 0) is 55.7 Å². The summed E-state index contributed by atoms with van der Waals surface area (Å²) in [4.78, 5) is 0. The van der Waals surface area contributed by atoms with Gasteiger partial charge in [-0.25, -0.2) is 0 Å². The highest BCUT2D eigenvalue weighted by atomic mass is 32.2. The highest BCUT2D eigenvalue weighted by molar-refractivity contribution is 7.86. The smallest absolute Gasteiger partial charge is 0.264 e. The van der Waals surface area contributed by atoms with Crippen molar-refractivity contribution < 1.29 is 35.4 Å². The molecule has 176 valence electrons. The first kappa shape index (κ1) is 25.5. The van der Waals surface area contributed by atoms with E-state index in [1.165, 1.54) is 0 Å². The lowest BCUT2D eigenvalue weighted by molar-refractivity contribution is 0.316. The van der Waals surface area contributed by atoms with Gasteiger partial charge in [0.15, 0.2) is 0 Å². The van der Waals surface area contributed by atoms with E-state index in [0.29, 0.717) is 28.6 Å². The van der Waals surface area contributed by atoms with E-state index in [0.717, 1.165) is 5.56 Å². The van der Waals surface area contributed by atoms with Gasteiger partial charge in [0.1, 0.15) is 11.5 Å². The molecular formula is C19H25N3O8S2. The summed E-state index contributed by atoms with van der Waals surface area (Å²) in [6.07, 6.45) is 0.268. The van der Waals surface area contributed by atoms with Gasteiger partial charge >= 0.3 is 0 Å². The second kappa shape index (κ2) is 11.2. The third kappa shape index (κ3) is 9.60. The van der Waals surface area contributed by atoms with Crippen molar-refractivity contribution in [1.29, 1.82) is 0 Å². The predicted molar refractivity (Wildman–Crippen MR) is 119 cm³/mol. The molecule has 0 radical (unpaired) electrons. The lowest BCUT2D eigenvalue weighted by Crippen LogP contribution is -2.09. The van der Waals surface area contributed by atoms with Gasteiger partial charge in [0.2, 0.25) is 0 Å². The molecule has 2 rings (SSSR count). The summed E-state index contributed by atoms with van der Waals surface area (Å²) in [5.41, 5.74) is 8.11. The molecule has 0 spiro atoms. The van der Waals surface area contributed by atoms with E-state index >= 15 is 0 Å². The maximum atomic E-state index is 10.8. The van der Waals surface area contributed by atoms with Crippen LogP contribution >= 0.6 is 0 Å². The second-order valence-corrected chi connectivity index (χ2v) is 9.99. The van der Waals surface area contributed by atoms with Crippen LogP contribution in [-0.2, 0) is 20.2 Å². The first-order chi connectivity index (χ1) is 14.9. The van der Waals surface area contributed by atoms with Crippen molar-refractivity contribution in [2.24, 2.45) is 10.2 Å². The molecule has 2 aromatic carbocycles. The molecule has 0 aliphatic carbocycles. The molecule has 0 aliphatic heterocycles. The summed E-state index contributed by atoms with van der Waals surface area (Å²) in [5, 5.41) is 8.35. The summed E-state index contributed by atoms with van der Waals surface area (Å²) in [6.45, 7) is 1.99. The van der Waals surface area contributed by atoms with Gasteiger partial charge in [-0.3, -0.25) is 9.11 Å². The van der Waals surface area contributed by atoms with Crippen LogP contribution < -0.4 is 15.2 Å². The Bertz CT molecular complexity index is 1150. The molecule has 0 aromatic heterocycles. The minimum atomic E-state index is -4.05. The highest BCUT2D eigenvalue weighted by Crippen LogP contribution is 2.32. The maximum absolute atomic E-state index is 10.8. The monoisotopic (exact) mass is 487 g/mol. The zero-order valence-corrected chi connectivity index (χ0v) is 19.0. The van der Waals surface area contributed by atoms with Crippen molar-refractivity contribution in [3.8, 4) is 11.5 Å². The molecule has 0 saturated heterocycles. The van der Waals surface area contributed by atoms with Crippen molar-refractivity contribution in [1.82, 2.24) is 0 Å². The lowest BCUT2D eigenvalue weighted by Gasteiger charge is -2.10. The Hall–Kier alpha value is -2.74. The predicted octanol–water partition coefficient (Wildman–Crippen LogP) is 3.31. The SMILES string of the molecule is Cc1cc(N)c(OCCCS(=O)(=O)O)cc1N=Nc1ccc(OCCCS(=O)(=O)O)cc1. The molecule has 0 heterocycles. The van der Waals surface area contributed by atoms with E-state index in [-0.39, 0.29) is 31.8 Å². The molecule has 0 saturated carbocycles. The van der Waals surface area contributed by atoms with Gasteiger partial charge in [-0.1, -0.05) is 0 Å². The summed E-state index contributed by atoms with van der Waals surface area (Å²) >= 11 is 0. The topological polar surface area (TPSA) is 178 Å². The average Bonchev–Trinajstić information content (AvgIpc) is 2.68. The molecule has 0 fully saturated rings. The van der Waals surface area contributed by atoms with Crippen LogP contribution in [0.3, 0.4) is 0 Å². The number of ether oxygens (including phenoxy) is 2. The minimum Gasteiger partial charge on any atom is -0.494 e. The Balaban J connectivity index is 1.96. The Labute approximate surface area is 186 Å². The van der Waals surface area contributed by atoms with Gasteiger partial charge in [0.25, 0.3) is 20.2 Å². The number of nitrogen functional groups attached to an aromatic ring is 1. The molecule has 0 amide bonds. The number of anilines is 1. The van der Waals surface area contributed by atoms with E-state index in [1.54, 1.807) is 43.3 Å². The standard InChI is InChI=1S/C19H25N3O8S2/c1-14-12-17(20)19(30-9-3-11-32(26,27)28)13-18(14)22-21-15-4-6-16(7-5-15)29-8-2-10-31(23,24)25/h4-7,12-13H,2-3,8-11,20H2,1H3,(H,23,24,25)(H,26,27,28). The molecule has 0 aliphatic rings. The minimum absolute atomic E-state index is 0.0509. The van der Waals surface area contributed by atoms with Crippen molar-refractivity contribution >= 4 is 37.3 Å². The average molecular weight is 488 g/mol. The number of azo groups is 1.